The van der Waals surface area contributed by atoms with Gasteiger partial charge < -0.3 is 14.1 Å². The first kappa shape index (κ1) is 37.0. The van der Waals surface area contributed by atoms with Crippen LogP contribution < -0.4 is 30.9 Å². The zero-order valence-electron chi connectivity index (χ0n) is 34.9. The third kappa shape index (κ3) is 5.30. The summed E-state index contributed by atoms with van der Waals surface area (Å²) in [6.07, 6.45) is 4.24. The molecule has 0 saturated heterocycles. The highest BCUT2D eigenvalue weighted by Crippen LogP contribution is 2.58. The Labute approximate surface area is 361 Å². The largest absolute Gasteiger partial charge is 0.487 e. The van der Waals surface area contributed by atoms with E-state index in [0.717, 1.165) is 104 Å². The van der Waals surface area contributed by atoms with E-state index in [0.29, 0.717) is 5.88 Å². The molecule has 12 rings (SSSR count). The Morgan fingerprint density at radius 2 is 1.15 bits per heavy atom. The zero-order chi connectivity index (χ0) is 41.9. The Bertz CT molecular complexity index is 3090. The number of rotatable bonds is 5. The van der Waals surface area contributed by atoms with E-state index in [1.165, 1.54) is 23.8 Å². The van der Waals surface area contributed by atoms with Gasteiger partial charge in [-0.3, -0.25) is 4.90 Å². The van der Waals surface area contributed by atoms with Crippen LogP contribution in [-0.2, 0) is 5.41 Å². The van der Waals surface area contributed by atoms with Gasteiger partial charge in [0.25, 0.3) is 6.71 Å². The van der Waals surface area contributed by atoms with Crippen LogP contribution in [0.5, 0.6) is 5.75 Å². The molecule has 0 spiro atoms. The van der Waals surface area contributed by atoms with Crippen LogP contribution in [0.2, 0.25) is 0 Å². The van der Waals surface area contributed by atoms with E-state index in [1.54, 1.807) is 0 Å². The Hall–Kier alpha value is -6.86. The van der Waals surface area contributed by atoms with Crippen molar-refractivity contribution in [3.8, 4) is 39.3 Å². The lowest BCUT2D eigenvalue weighted by Crippen LogP contribution is -2.61. The number of hydrogen-bond acceptors (Lipinski definition) is 4. The molecule has 1 aliphatic carbocycles. The second-order valence-corrected chi connectivity index (χ2v) is 17.9. The first-order valence-corrected chi connectivity index (χ1v) is 21.7. The lowest BCUT2D eigenvalue weighted by molar-refractivity contribution is 0.00792. The van der Waals surface area contributed by atoms with Crippen molar-refractivity contribution in [2.24, 2.45) is 0 Å². The predicted molar refractivity (Wildman–Crippen MR) is 249 cm³/mol. The molecule has 4 nitrogen and oxygen atoms in total. The number of aryl methyl sites for hydroxylation is 1. The lowest BCUT2D eigenvalue weighted by Gasteiger charge is -2.43. The summed E-state index contributed by atoms with van der Waals surface area (Å²) < 4.78 is 46.1. The van der Waals surface area contributed by atoms with Gasteiger partial charge >= 0.3 is 0 Å². The number of fused-ring (bicyclic) bond motifs is 8. The molecular formula is C55H43BF2N2O2. The summed E-state index contributed by atoms with van der Waals surface area (Å²) in [5.74, 6) is 0.223. The minimum Gasteiger partial charge on any atom is -0.487 e. The highest BCUT2D eigenvalue weighted by Gasteiger charge is 2.58. The van der Waals surface area contributed by atoms with Gasteiger partial charge in [0, 0.05) is 39.4 Å². The molecule has 302 valence electrons. The van der Waals surface area contributed by atoms with Gasteiger partial charge in [0.05, 0.1) is 5.56 Å². The standard InChI is InChI=1S/C55H43BF2N2O2/c1-34-29-46-50-47(30-34)60(40-22-13-20-38(32-40)36-17-8-5-9-18-36)53-42(33-48(61-53)49-43(57)23-14-24-44(49)58)56(50)51-45(26-25-41-52(51)62-55(3)28-11-10-27-54(41,55)2)59(46)39-21-12-19-37(31-39)35-15-6-4-7-16-35/h4-9,12-26,29-33H,10-11,27-28H2,1-3H3. The highest BCUT2D eigenvalue weighted by atomic mass is 19.1. The van der Waals surface area contributed by atoms with Crippen LogP contribution in [0.4, 0.5) is 43.1 Å². The van der Waals surface area contributed by atoms with E-state index in [4.69, 9.17) is 9.15 Å². The average Bonchev–Trinajstić information content (AvgIpc) is 3.82. The molecule has 0 N–H and O–H groups in total. The van der Waals surface area contributed by atoms with Crippen molar-refractivity contribution in [1.29, 1.82) is 0 Å². The van der Waals surface area contributed by atoms with Crippen LogP contribution in [0, 0.1) is 18.6 Å². The van der Waals surface area contributed by atoms with E-state index in [9.17, 15) is 0 Å². The maximum absolute atomic E-state index is 15.9. The Morgan fingerprint density at radius 3 is 1.81 bits per heavy atom. The summed E-state index contributed by atoms with van der Waals surface area (Å²) in [6.45, 7) is 6.41. The summed E-state index contributed by atoms with van der Waals surface area (Å²) in [5.41, 5.74) is 13.7. The van der Waals surface area contributed by atoms with Crippen molar-refractivity contribution >= 4 is 57.4 Å². The van der Waals surface area contributed by atoms with E-state index in [2.05, 4.69) is 140 Å². The number of ether oxygens (including phenoxy) is 1. The van der Waals surface area contributed by atoms with E-state index in [-0.39, 0.29) is 23.5 Å². The van der Waals surface area contributed by atoms with Gasteiger partial charge in [-0.05, 0) is 138 Å². The molecule has 2 unspecified atom stereocenters. The minimum atomic E-state index is -0.676. The average molecular weight is 813 g/mol. The highest BCUT2D eigenvalue weighted by molar-refractivity contribution is 7.01. The summed E-state index contributed by atoms with van der Waals surface area (Å²) >= 11 is 0. The molecule has 0 radical (unpaired) electrons. The Kier molecular flexibility index (Phi) is 8.09. The smallest absolute Gasteiger partial charge is 0.261 e. The van der Waals surface area contributed by atoms with Crippen molar-refractivity contribution < 1.29 is 17.9 Å². The summed E-state index contributed by atoms with van der Waals surface area (Å²) in [7, 11) is 0. The summed E-state index contributed by atoms with van der Waals surface area (Å²) in [6, 6.07) is 53.0. The number of benzene rings is 7. The van der Waals surface area contributed by atoms with Crippen LogP contribution in [0.15, 0.2) is 162 Å². The zero-order valence-corrected chi connectivity index (χ0v) is 34.9. The van der Waals surface area contributed by atoms with E-state index >= 15 is 8.78 Å². The van der Waals surface area contributed by atoms with Gasteiger partial charge in [-0.2, -0.15) is 0 Å². The molecule has 2 atom stereocenters. The van der Waals surface area contributed by atoms with Gasteiger partial charge in [-0.15, -0.1) is 0 Å². The molecule has 62 heavy (non-hydrogen) atoms. The maximum atomic E-state index is 15.9. The van der Waals surface area contributed by atoms with Crippen LogP contribution in [0.1, 0.15) is 50.7 Å². The SMILES string of the molecule is Cc1cc2c3c(c1)N(c1cccc(-c4ccccc4)c1)c1oc(-c4c(F)cccc4F)cc1B3c1c(ccc3c1OC1(C)CCCCC31C)N2c1cccc(-c2ccccc2)c1. The third-order valence-electron chi connectivity index (χ3n) is 14.3. The first-order chi connectivity index (χ1) is 30.2. The second kappa shape index (κ2) is 13.6. The molecule has 0 bridgehead atoms. The molecule has 1 fully saturated rings. The second-order valence-electron chi connectivity index (χ2n) is 17.9. The van der Waals surface area contributed by atoms with Gasteiger partial charge in [0.15, 0.2) is 5.88 Å². The lowest BCUT2D eigenvalue weighted by atomic mass is 9.33. The summed E-state index contributed by atoms with van der Waals surface area (Å²) in [4.78, 5) is 4.56. The number of hydrogen-bond donors (Lipinski definition) is 0. The fourth-order valence-electron chi connectivity index (χ4n) is 11.1. The van der Waals surface area contributed by atoms with Crippen molar-refractivity contribution in [2.45, 2.75) is 57.5 Å². The normalized spacial score (nSPS) is 19.3. The molecule has 3 aliphatic heterocycles. The maximum Gasteiger partial charge on any atom is 0.261 e. The third-order valence-corrected chi connectivity index (χ3v) is 14.3. The van der Waals surface area contributed by atoms with Crippen molar-refractivity contribution in [3.63, 3.8) is 0 Å². The van der Waals surface area contributed by atoms with Crippen LogP contribution in [0.25, 0.3) is 33.6 Å². The quantitative estimate of drug-likeness (QED) is 0.162. The molecule has 7 aromatic carbocycles. The first-order valence-electron chi connectivity index (χ1n) is 21.7. The number of nitrogens with zero attached hydrogens (tertiary/aromatic N) is 2. The molecular weight excluding hydrogens is 769 g/mol. The number of anilines is 6. The molecule has 7 heteroatoms. The van der Waals surface area contributed by atoms with Crippen molar-refractivity contribution in [3.05, 3.63) is 180 Å². The number of halogens is 2. The van der Waals surface area contributed by atoms with Crippen LogP contribution in [0.3, 0.4) is 0 Å². The predicted octanol–water partition coefficient (Wildman–Crippen LogP) is 12.9. The van der Waals surface area contributed by atoms with E-state index in [1.807, 2.05) is 30.3 Å². The van der Waals surface area contributed by atoms with Crippen LogP contribution >= 0.6 is 0 Å². The van der Waals surface area contributed by atoms with Gasteiger partial charge in [0.2, 0.25) is 0 Å². The molecule has 4 heterocycles. The minimum absolute atomic E-state index is 0.140. The monoisotopic (exact) mass is 812 g/mol. The molecule has 1 aromatic heterocycles. The summed E-state index contributed by atoms with van der Waals surface area (Å²) in [5, 5.41) is 0. The van der Waals surface area contributed by atoms with Gasteiger partial charge in [0.1, 0.15) is 28.7 Å². The molecule has 1 saturated carbocycles. The molecule has 4 aliphatic rings. The molecule has 8 aromatic rings. The van der Waals surface area contributed by atoms with E-state index < -0.39 is 17.2 Å². The fourth-order valence-corrected chi connectivity index (χ4v) is 11.1. The van der Waals surface area contributed by atoms with Gasteiger partial charge in [-0.25, -0.2) is 8.78 Å². The molecule has 0 amide bonds. The Balaban J connectivity index is 1.18. The fraction of sp³-hybridized carbons (Fsp3) is 0.164. The van der Waals surface area contributed by atoms with Crippen molar-refractivity contribution in [1.82, 2.24) is 0 Å². The topological polar surface area (TPSA) is 28.9 Å². The van der Waals surface area contributed by atoms with Gasteiger partial charge in [-0.1, -0.05) is 110 Å². The Morgan fingerprint density at radius 1 is 0.565 bits per heavy atom. The van der Waals surface area contributed by atoms with Crippen molar-refractivity contribution in [2.75, 3.05) is 9.80 Å². The number of furan rings is 1. The van der Waals surface area contributed by atoms with Crippen LogP contribution in [-0.4, -0.2) is 12.3 Å².